The Morgan fingerprint density at radius 2 is 1.67 bits per heavy atom. The minimum atomic E-state index is -4.36. The van der Waals surface area contributed by atoms with E-state index in [0.717, 1.165) is 41.5 Å². The summed E-state index contributed by atoms with van der Waals surface area (Å²) in [5, 5.41) is -0.819. The number of rotatable bonds is 10. The van der Waals surface area contributed by atoms with Crippen LogP contribution in [0.1, 0.15) is 30.0 Å². The number of aryl methyl sites for hydroxylation is 2. The summed E-state index contributed by atoms with van der Waals surface area (Å²) < 4.78 is 67.0. The number of halogens is 5. The van der Waals surface area contributed by atoms with E-state index in [4.69, 9.17) is 25.8 Å². The van der Waals surface area contributed by atoms with Gasteiger partial charge in [0.1, 0.15) is 23.9 Å². The van der Waals surface area contributed by atoms with E-state index in [9.17, 15) is 17.6 Å². The third kappa shape index (κ3) is 7.44. The highest BCUT2D eigenvalue weighted by atomic mass is 35.5. The Labute approximate surface area is 178 Å². The van der Waals surface area contributed by atoms with Crippen molar-refractivity contribution in [1.29, 1.82) is 0 Å². The molecule has 2 aromatic rings. The van der Waals surface area contributed by atoms with Crippen LogP contribution in [0.2, 0.25) is 0 Å². The fourth-order valence-corrected chi connectivity index (χ4v) is 2.79. The second-order valence-corrected chi connectivity index (χ2v) is 6.82. The Morgan fingerprint density at radius 3 is 2.27 bits per heavy atom. The molecule has 30 heavy (non-hydrogen) atoms. The molecule has 0 aliphatic carbocycles. The van der Waals surface area contributed by atoms with Gasteiger partial charge in [-0.1, -0.05) is 18.5 Å². The molecule has 164 valence electrons. The topological polar surface area (TPSA) is 27.7 Å². The average Bonchev–Trinajstić information content (AvgIpc) is 2.68. The number of ether oxygens (including phenoxy) is 3. The third-order valence-corrected chi connectivity index (χ3v) is 4.33. The first kappa shape index (κ1) is 23.9. The monoisotopic (exact) mass is 446 g/mol. The van der Waals surface area contributed by atoms with Crippen LogP contribution in [0.3, 0.4) is 0 Å². The molecule has 0 unspecified atom stereocenters. The Kier molecular flexibility index (Phi) is 8.84. The van der Waals surface area contributed by atoms with E-state index in [0.29, 0.717) is 31.1 Å². The molecular weight excluding hydrogens is 424 g/mol. The van der Waals surface area contributed by atoms with Crippen molar-refractivity contribution >= 4 is 11.6 Å². The van der Waals surface area contributed by atoms with Gasteiger partial charge in [0.25, 0.3) is 0 Å². The summed E-state index contributed by atoms with van der Waals surface area (Å²) in [4.78, 5) is 0. The molecule has 8 heteroatoms. The summed E-state index contributed by atoms with van der Waals surface area (Å²) in [5.41, 5.74) is 1.12. The Morgan fingerprint density at radius 1 is 1.00 bits per heavy atom. The normalized spacial score (nSPS) is 12.0. The average molecular weight is 447 g/mol. The fraction of sp³-hybridized carbons (Fsp3) is 0.364. The lowest BCUT2D eigenvalue weighted by molar-refractivity contribution is -0.137. The van der Waals surface area contributed by atoms with Gasteiger partial charge in [0, 0.05) is 12.5 Å². The van der Waals surface area contributed by atoms with Crippen LogP contribution >= 0.6 is 11.6 Å². The summed E-state index contributed by atoms with van der Waals surface area (Å²) in [6, 6.07) is 8.21. The summed E-state index contributed by atoms with van der Waals surface area (Å²) in [5.74, 6) is 1.72. The molecule has 0 amide bonds. The molecule has 0 spiro atoms. The lowest BCUT2D eigenvalue weighted by Gasteiger charge is -2.16. The molecule has 3 nitrogen and oxygen atoms in total. The van der Waals surface area contributed by atoms with E-state index in [1.807, 2.05) is 19.9 Å². The number of hydrogen-bond acceptors (Lipinski definition) is 3. The molecule has 0 saturated heterocycles. The predicted octanol–water partition coefficient (Wildman–Crippen LogP) is 6.85. The molecule has 0 bridgehead atoms. The first-order valence-electron chi connectivity index (χ1n) is 9.41. The van der Waals surface area contributed by atoms with Gasteiger partial charge in [0.05, 0.1) is 18.8 Å². The highest BCUT2D eigenvalue weighted by molar-refractivity contribution is 6.28. The maximum Gasteiger partial charge on any atom is 0.416 e. The zero-order valence-electron chi connectivity index (χ0n) is 16.7. The summed E-state index contributed by atoms with van der Waals surface area (Å²) >= 11 is 5.15. The van der Waals surface area contributed by atoms with Gasteiger partial charge in [0.15, 0.2) is 5.29 Å². The van der Waals surface area contributed by atoms with Crippen molar-refractivity contribution in [2.75, 3.05) is 19.8 Å². The smallest absolute Gasteiger partial charge is 0.416 e. The molecule has 0 aliphatic heterocycles. The van der Waals surface area contributed by atoms with Crippen LogP contribution in [0.5, 0.6) is 17.2 Å². The third-order valence-electron chi connectivity index (χ3n) is 4.18. The SMILES string of the molecule is CCc1cc(OCC=C(F)Cl)cc(C)c1OCCCOc1ccc(C(F)(F)F)cc1. The van der Waals surface area contributed by atoms with Gasteiger partial charge >= 0.3 is 6.18 Å². The summed E-state index contributed by atoms with van der Waals surface area (Å²) in [7, 11) is 0. The predicted molar refractivity (Wildman–Crippen MR) is 108 cm³/mol. The van der Waals surface area contributed by atoms with Crippen molar-refractivity contribution in [1.82, 2.24) is 0 Å². The van der Waals surface area contributed by atoms with Crippen LogP contribution < -0.4 is 14.2 Å². The quantitative estimate of drug-likeness (QED) is 0.295. The largest absolute Gasteiger partial charge is 0.493 e. The van der Waals surface area contributed by atoms with E-state index in [-0.39, 0.29) is 6.61 Å². The van der Waals surface area contributed by atoms with Crippen molar-refractivity contribution in [2.24, 2.45) is 0 Å². The Bertz CT molecular complexity index is 845. The van der Waals surface area contributed by atoms with E-state index in [2.05, 4.69) is 0 Å². The van der Waals surface area contributed by atoms with Crippen LogP contribution in [0.4, 0.5) is 17.6 Å². The molecular formula is C22H23ClF4O3. The zero-order valence-corrected chi connectivity index (χ0v) is 17.4. The van der Waals surface area contributed by atoms with Crippen LogP contribution in [0, 0.1) is 6.92 Å². The highest BCUT2D eigenvalue weighted by Crippen LogP contribution is 2.31. The summed E-state index contributed by atoms with van der Waals surface area (Å²) in [6.45, 7) is 4.59. The number of hydrogen-bond donors (Lipinski definition) is 0. The van der Waals surface area contributed by atoms with Crippen LogP contribution in [-0.4, -0.2) is 19.8 Å². The highest BCUT2D eigenvalue weighted by Gasteiger charge is 2.30. The molecule has 0 heterocycles. The molecule has 0 fully saturated rings. The van der Waals surface area contributed by atoms with Crippen molar-refractivity contribution in [3.8, 4) is 17.2 Å². The molecule has 0 aliphatic rings. The second kappa shape index (κ2) is 11.1. The van der Waals surface area contributed by atoms with Gasteiger partial charge in [-0.05, 0) is 60.9 Å². The molecule has 0 aromatic heterocycles. The summed E-state index contributed by atoms with van der Waals surface area (Å²) in [6.07, 6.45) is -1.96. The van der Waals surface area contributed by atoms with Gasteiger partial charge in [-0.25, -0.2) is 0 Å². The maximum atomic E-state index is 12.6. The maximum absolute atomic E-state index is 12.6. The minimum Gasteiger partial charge on any atom is -0.493 e. The lowest BCUT2D eigenvalue weighted by Crippen LogP contribution is -2.08. The van der Waals surface area contributed by atoms with E-state index < -0.39 is 17.0 Å². The Hall–Kier alpha value is -2.41. The molecule has 2 aromatic carbocycles. The van der Waals surface area contributed by atoms with Crippen molar-refractivity contribution in [2.45, 2.75) is 32.9 Å². The van der Waals surface area contributed by atoms with Crippen LogP contribution in [0.25, 0.3) is 0 Å². The van der Waals surface area contributed by atoms with E-state index in [1.54, 1.807) is 6.07 Å². The van der Waals surface area contributed by atoms with Crippen molar-refractivity contribution < 1.29 is 31.8 Å². The van der Waals surface area contributed by atoms with Gasteiger partial charge in [-0.2, -0.15) is 17.6 Å². The zero-order chi connectivity index (χ0) is 22.1. The molecule has 0 atom stereocenters. The second-order valence-electron chi connectivity index (χ2n) is 6.46. The molecule has 0 radical (unpaired) electrons. The molecule has 0 saturated carbocycles. The van der Waals surface area contributed by atoms with Gasteiger partial charge in [-0.3, -0.25) is 0 Å². The van der Waals surface area contributed by atoms with Crippen molar-refractivity contribution in [3.05, 3.63) is 64.5 Å². The first-order valence-corrected chi connectivity index (χ1v) is 9.78. The first-order chi connectivity index (χ1) is 14.2. The van der Waals surface area contributed by atoms with Gasteiger partial charge in [-0.15, -0.1) is 0 Å². The standard InChI is InChI=1S/C22H23ClF4O3/c1-3-16-14-19(29-12-9-20(23)24)13-15(2)21(16)30-11-4-10-28-18-7-5-17(6-8-18)22(25,26)27/h5-9,13-14H,3-4,10-12H2,1-2H3. The van der Waals surface area contributed by atoms with E-state index in [1.165, 1.54) is 12.1 Å². The minimum absolute atomic E-state index is 0.0272. The lowest BCUT2D eigenvalue weighted by atomic mass is 10.1. The number of benzene rings is 2. The van der Waals surface area contributed by atoms with Crippen molar-refractivity contribution in [3.63, 3.8) is 0 Å². The van der Waals surface area contributed by atoms with Gasteiger partial charge in [0.2, 0.25) is 0 Å². The Balaban J connectivity index is 1.84. The molecule has 2 rings (SSSR count). The van der Waals surface area contributed by atoms with Crippen LogP contribution in [-0.2, 0) is 12.6 Å². The fourth-order valence-electron chi connectivity index (χ4n) is 2.73. The van der Waals surface area contributed by atoms with E-state index >= 15 is 0 Å². The molecule has 0 N–H and O–H groups in total. The van der Waals surface area contributed by atoms with Gasteiger partial charge < -0.3 is 14.2 Å². The van der Waals surface area contributed by atoms with Crippen LogP contribution in [0.15, 0.2) is 47.8 Å². The number of alkyl halides is 3.